The van der Waals surface area contributed by atoms with E-state index in [9.17, 15) is 18.0 Å². The topological polar surface area (TPSA) is 102 Å². The number of nitrogens with zero attached hydrogens (tertiary/aromatic N) is 2. The number of benzene rings is 1. The average Bonchev–Trinajstić information content (AvgIpc) is 3.80. The Bertz CT molecular complexity index is 1080. The van der Waals surface area contributed by atoms with Crippen LogP contribution in [0.1, 0.15) is 45.4 Å². The molecule has 0 radical (unpaired) electrons. The SMILES string of the molecule is CCOC(=O)C1CCN(C(=O)OC2([C@H]3COC[C@@H](C4CC4)N3S(=O)(=O)c3ccc(Cl)cc3)CC2)CC1. The minimum absolute atomic E-state index is 0.174. The summed E-state index contributed by atoms with van der Waals surface area (Å²) in [4.78, 5) is 27.0. The first-order valence-electron chi connectivity index (χ1n) is 12.8. The number of ether oxygens (including phenoxy) is 3. The van der Waals surface area contributed by atoms with Crippen molar-refractivity contribution >= 4 is 33.7 Å². The zero-order chi connectivity index (χ0) is 25.5. The zero-order valence-electron chi connectivity index (χ0n) is 20.4. The van der Waals surface area contributed by atoms with E-state index in [1.807, 2.05) is 0 Å². The van der Waals surface area contributed by atoms with Crippen molar-refractivity contribution in [3.05, 3.63) is 29.3 Å². The molecule has 2 saturated carbocycles. The Morgan fingerprint density at radius 1 is 1.08 bits per heavy atom. The van der Waals surface area contributed by atoms with Gasteiger partial charge in [-0.15, -0.1) is 0 Å². The maximum Gasteiger partial charge on any atom is 0.410 e. The third kappa shape index (κ3) is 5.10. The van der Waals surface area contributed by atoms with Gasteiger partial charge < -0.3 is 19.1 Å². The van der Waals surface area contributed by atoms with Gasteiger partial charge >= 0.3 is 12.1 Å². The number of carbonyl (C=O) groups is 2. The highest BCUT2D eigenvalue weighted by atomic mass is 35.5. The molecule has 198 valence electrons. The van der Waals surface area contributed by atoms with Gasteiger partial charge in [-0.1, -0.05) is 11.6 Å². The molecule has 1 aromatic carbocycles. The van der Waals surface area contributed by atoms with Crippen LogP contribution in [0.3, 0.4) is 0 Å². The van der Waals surface area contributed by atoms with E-state index < -0.39 is 27.8 Å². The fourth-order valence-electron chi connectivity index (χ4n) is 5.38. The summed E-state index contributed by atoms with van der Waals surface area (Å²) in [5.74, 6) is -0.198. The van der Waals surface area contributed by atoms with Crippen LogP contribution in [0.25, 0.3) is 0 Å². The van der Waals surface area contributed by atoms with Crippen molar-refractivity contribution in [2.75, 3.05) is 32.9 Å². The summed E-state index contributed by atoms with van der Waals surface area (Å²) in [5, 5.41) is 0.463. The normalized spacial score (nSPS) is 26.9. The van der Waals surface area contributed by atoms with Gasteiger partial charge in [-0.2, -0.15) is 4.31 Å². The molecule has 4 fully saturated rings. The summed E-state index contributed by atoms with van der Waals surface area (Å²) < 4.78 is 46.5. The molecule has 2 atom stereocenters. The first kappa shape index (κ1) is 25.8. The van der Waals surface area contributed by atoms with Crippen LogP contribution >= 0.6 is 11.6 Å². The predicted octanol–water partition coefficient (Wildman–Crippen LogP) is 3.45. The number of esters is 1. The van der Waals surface area contributed by atoms with Gasteiger partial charge in [0, 0.05) is 18.1 Å². The Kier molecular flexibility index (Phi) is 7.24. The number of halogens is 1. The van der Waals surface area contributed by atoms with E-state index in [1.165, 1.54) is 12.1 Å². The van der Waals surface area contributed by atoms with Crippen molar-refractivity contribution in [3.63, 3.8) is 0 Å². The molecule has 0 unspecified atom stereocenters. The quantitative estimate of drug-likeness (QED) is 0.488. The number of amides is 1. The number of morpholine rings is 1. The molecule has 1 aromatic rings. The summed E-state index contributed by atoms with van der Waals surface area (Å²) in [5.41, 5.74) is -0.915. The van der Waals surface area contributed by atoms with E-state index in [2.05, 4.69) is 0 Å². The molecule has 2 aliphatic carbocycles. The van der Waals surface area contributed by atoms with Gasteiger partial charge in [-0.25, -0.2) is 13.2 Å². The molecule has 2 saturated heterocycles. The number of rotatable bonds is 7. The lowest BCUT2D eigenvalue weighted by molar-refractivity contribution is -0.149. The molecule has 0 N–H and O–H groups in total. The lowest BCUT2D eigenvalue weighted by Crippen LogP contribution is -2.61. The van der Waals surface area contributed by atoms with Crippen LogP contribution < -0.4 is 0 Å². The van der Waals surface area contributed by atoms with Gasteiger partial charge in [0.05, 0.1) is 42.7 Å². The maximum atomic E-state index is 13.9. The van der Waals surface area contributed by atoms with Crippen molar-refractivity contribution < 1.29 is 32.2 Å². The van der Waals surface area contributed by atoms with Gasteiger partial charge in [0.15, 0.2) is 0 Å². The second kappa shape index (κ2) is 10.1. The fraction of sp³-hybridized carbons (Fsp3) is 0.680. The molecule has 0 bridgehead atoms. The molecular formula is C25H33ClN2O7S. The van der Waals surface area contributed by atoms with E-state index in [4.69, 9.17) is 25.8 Å². The van der Waals surface area contributed by atoms with E-state index >= 15 is 0 Å². The van der Waals surface area contributed by atoms with Gasteiger partial charge in [-0.05, 0) is 75.6 Å². The molecule has 5 rings (SSSR count). The molecule has 2 aliphatic heterocycles. The van der Waals surface area contributed by atoms with E-state index in [0.29, 0.717) is 57.0 Å². The summed E-state index contributed by atoms with van der Waals surface area (Å²) in [6.07, 6.45) is 3.65. The van der Waals surface area contributed by atoms with Crippen molar-refractivity contribution in [3.8, 4) is 0 Å². The Morgan fingerprint density at radius 3 is 2.33 bits per heavy atom. The number of hydrogen-bond donors (Lipinski definition) is 0. The number of sulfonamides is 1. The van der Waals surface area contributed by atoms with E-state index in [0.717, 1.165) is 12.8 Å². The molecule has 11 heteroatoms. The first-order chi connectivity index (χ1) is 17.2. The molecule has 1 amide bonds. The molecule has 36 heavy (non-hydrogen) atoms. The number of hydrogen-bond acceptors (Lipinski definition) is 7. The minimum Gasteiger partial charge on any atom is -0.466 e. The molecule has 9 nitrogen and oxygen atoms in total. The maximum absolute atomic E-state index is 13.9. The average molecular weight is 541 g/mol. The standard InChI is InChI=1S/C25H33ClN2O7S/c1-2-34-23(29)18-9-13-27(14-10-18)24(30)35-25(11-12-25)22-16-33-15-21(17-3-4-17)28(22)36(31,32)20-7-5-19(26)6-8-20/h5-8,17-18,21-22H,2-4,9-16H2,1H3/t21-,22+/m0/s1. The highest BCUT2D eigenvalue weighted by Gasteiger charge is 2.61. The summed E-state index contributed by atoms with van der Waals surface area (Å²) >= 11 is 6.00. The Hall–Kier alpha value is -1.88. The van der Waals surface area contributed by atoms with Crippen LogP contribution in [0.2, 0.25) is 5.02 Å². The van der Waals surface area contributed by atoms with Gasteiger partial charge in [-0.3, -0.25) is 4.79 Å². The lowest BCUT2D eigenvalue weighted by Gasteiger charge is -2.44. The van der Waals surface area contributed by atoms with Gasteiger partial charge in [0.25, 0.3) is 0 Å². The van der Waals surface area contributed by atoms with E-state index in [1.54, 1.807) is 28.3 Å². The first-order valence-corrected chi connectivity index (χ1v) is 14.6. The van der Waals surface area contributed by atoms with Crippen LogP contribution in [0, 0.1) is 11.8 Å². The van der Waals surface area contributed by atoms with Crippen LogP contribution in [-0.2, 0) is 29.0 Å². The lowest BCUT2D eigenvalue weighted by atomic mass is 9.97. The number of piperidine rings is 1. The third-order valence-corrected chi connectivity index (χ3v) is 9.97. The van der Waals surface area contributed by atoms with Crippen LogP contribution in [0.4, 0.5) is 4.79 Å². The van der Waals surface area contributed by atoms with Crippen molar-refractivity contribution in [1.29, 1.82) is 0 Å². The molecule has 2 heterocycles. The van der Waals surface area contributed by atoms with Crippen LogP contribution in [0.5, 0.6) is 0 Å². The Morgan fingerprint density at radius 2 is 1.75 bits per heavy atom. The molecule has 4 aliphatic rings. The van der Waals surface area contributed by atoms with Crippen molar-refractivity contribution in [1.82, 2.24) is 9.21 Å². The largest absolute Gasteiger partial charge is 0.466 e. The molecule has 0 spiro atoms. The molecule has 0 aromatic heterocycles. The second-order valence-electron chi connectivity index (χ2n) is 10.2. The van der Waals surface area contributed by atoms with Crippen molar-refractivity contribution in [2.24, 2.45) is 11.8 Å². The Balaban J connectivity index is 1.33. The van der Waals surface area contributed by atoms with Crippen molar-refractivity contribution in [2.45, 2.75) is 68.0 Å². The summed E-state index contributed by atoms with van der Waals surface area (Å²) in [7, 11) is -3.87. The number of likely N-dealkylation sites (tertiary alicyclic amines) is 1. The minimum atomic E-state index is -3.87. The van der Waals surface area contributed by atoms with Gasteiger partial charge in [0.2, 0.25) is 10.0 Å². The smallest absolute Gasteiger partial charge is 0.410 e. The van der Waals surface area contributed by atoms with Crippen LogP contribution in [-0.4, -0.2) is 80.3 Å². The van der Waals surface area contributed by atoms with Crippen LogP contribution in [0.15, 0.2) is 29.2 Å². The van der Waals surface area contributed by atoms with E-state index in [-0.39, 0.29) is 35.3 Å². The second-order valence-corrected chi connectivity index (χ2v) is 12.5. The zero-order valence-corrected chi connectivity index (χ0v) is 22.0. The summed E-state index contributed by atoms with van der Waals surface area (Å²) in [6, 6.07) is 5.30. The highest BCUT2D eigenvalue weighted by molar-refractivity contribution is 7.89. The summed E-state index contributed by atoms with van der Waals surface area (Å²) in [6.45, 7) is 3.42. The van der Waals surface area contributed by atoms with Gasteiger partial charge in [0.1, 0.15) is 5.60 Å². The molecular weight excluding hydrogens is 508 g/mol. The third-order valence-electron chi connectivity index (χ3n) is 7.77. The monoisotopic (exact) mass is 540 g/mol. The highest BCUT2D eigenvalue weighted by Crippen LogP contribution is 2.50. The fourth-order valence-corrected chi connectivity index (χ4v) is 7.41. The Labute approximate surface area is 217 Å². The predicted molar refractivity (Wildman–Crippen MR) is 131 cm³/mol. The number of carbonyl (C=O) groups excluding carboxylic acids is 2.